The SMILES string of the molecule is Fc1cc(-n2cc3c(n2)-c2cccnc2OC3)ccc1Br. The number of hydrogen-bond acceptors (Lipinski definition) is 3. The van der Waals surface area contributed by atoms with Crippen LogP contribution in [-0.4, -0.2) is 14.8 Å². The molecule has 4 rings (SSSR count). The lowest BCUT2D eigenvalue weighted by Gasteiger charge is -2.14. The van der Waals surface area contributed by atoms with Crippen molar-refractivity contribution in [3.05, 3.63) is 58.6 Å². The van der Waals surface area contributed by atoms with Crippen molar-refractivity contribution in [3.63, 3.8) is 0 Å². The number of pyridine rings is 1. The Bertz CT molecular complexity index is 847. The molecule has 0 bridgehead atoms. The zero-order valence-corrected chi connectivity index (χ0v) is 12.3. The molecule has 21 heavy (non-hydrogen) atoms. The van der Waals surface area contributed by atoms with Crippen LogP contribution in [0.25, 0.3) is 16.9 Å². The van der Waals surface area contributed by atoms with Crippen molar-refractivity contribution in [1.29, 1.82) is 0 Å². The van der Waals surface area contributed by atoms with Crippen LogP contribution in [-0.2, 0) is 6.61 Å². The Morgan fingerprint density at radius 2 is 2.19 bits per heavy atom. The average Bonchev–Trinajstić information content (AvgIpc) is 2.94. The molecule has 3 aromatic rings. The second-order valence-electron chi connectivity index (χ2n) is 4.69. The third-order valence-corrected chi connectivity index (χ3v) is 3.99. The van der Waals surface area contributed by atoms with Crippen molar-refractivity contribution in [2.45, 2.75) is 6.61 Å². The number of halogens is 2. The van der Waals surface area contributed by atoms with E-state index in [1.54, 1.807) is 23.0 Å². The van der Waals surface area contributed by atoms with Gasteiger partial charge in [-0.1, -0.05) is 0 Å². The lowest BCUT2D eigenvalue weighted by molar-refractivity contribution is 0.290. The Balaban J connectivity index is 1.84. The minimum atomic E-state index is -0.320. The molecule has 2 aromatic heterocycles. The van der Waals surface area contributed by atoms with Gasteiger partial charge < -0.3 is 4.74 Å². The molecule has 1 aliphatic heterocycles. The maximum Gasteiger partial charge on any atom is 0.223 e. The van der Waals surface area contributed by atoms with Crippen LogP contribution in [0.3, 0.4) is 0 Å². The number of ether oxygens (including phenoxy) is 1. The number of benzene rings is 1. The van der Waals surface area contributed by atoms with Crippen molar-refractivity contribution in [1.82, 2.24) is 14.8 Å². The van der Waals surface area contributed by atoms with E-state index in [1.807, 2.05) is 18.3 Å². The van der Waals surface area contributed by atoms with Gasteiger partial charge in [0.1, 0.15) is 18.1 Å². The van der Waals surface area contributed by atoms with E-state index in [4.69, 9.17) is 4.74 Å². The van der Waals surface area contributed by atoms with Gasteiger partial charge >= 0.3 is 0 Å². The van der Waals surface area contributed by atoms with E-state index in [9.17, 15) is 4.39 Å². The largest absolute Gasteiger partial charge is 0.472 e. The molecule has 0 unspecified atom stereocenters. The molecule has 0 N–H and O–H groups in total. The third-order valence-electron chi connectivity index (χ3n) is 3.35. The Morgan fingerprint density at radius 1 is 1.29 bits per heavy atom. The number of hydrogen-bond donors (Lipinski definition) is 0. The van der Waals surface area contributed by atoms with Crippen LogP contribution in [0.1, 0.15) is 5.56 Å². The number of aromatic nitrogens is 3. The molecule has 104 valence electrons. The molecule has 0 atom stereocenters. The van der Waals surface area contributed by atoms with Gasteiger partial charge in [0, 0.05) is 24.0 Å². The van der Waals surface area contributed by atoms with E-state index in [2.05, 4.69) is 26.0 Å². The molecule has 4 nitrogen and oxygen atoms in total. The van der Waals surface area contributed by atoms with E-state index in [0.717, 1.165) is 16.8 Å². The van der Waals surface area contributed by atoms with Gasteiger partial charge in [-0.3, -0.25) is 0 Å². The first-order valence-electron chi connectivity index (χ1n) is 6.34. The van der Waals surface area contributed by atoms with Crippen molar-refractivity contribution in [2.24, 2.45) is 0 Å². The lowest BCUT2D eigenvalue weighted by atomic mass is 10.1. The van der Waals surface area contributed by atoms with Gasteiger partial charge in [0.2, 0.25) is 5.88 Å². The summed E-state index contributed by atoms with van der Waals surface area (Å²) >= 11 is 3.15. The van der Waals surface area contributed by atoms with Gasteiger partial charge in [0.25, 0.3) is 0 Å². The molecule has 0 saturated heterocycles. The fraction of sp³-hybridized carbons (Fsp3) is 0.0667. The Labute approximate surface area is 128 Å². The molecule has 3 heterocycles. The highest BCUT2D eigenvalue weighted by atomic mass is 79.9. The molecule has 0 radical (unpaired) electrons. The van der Waals surface area contributed by atoms with Gasteiger partial charge in [0.05, 0.1) is 15.7 Å². The molecule has 0 aliphatic carbocycles. The highest BCUT2D eigenvalue weighted by Crippen LogP contribution is 2.35. The topological polar surface area (TPSA) is 39.9 Å². The first kappa shape index (κ1) is 12.5. The summed E-state index contributed by atoms with van der Waals surface area (Å²) in [6.45, 7) is 0.415. The quantitative estimate of drug-likeness (QED) is 0.674. The maximum absolute atomic E-state index is 13.7. The minimum absolute atomic E-state index is 0.320. The Hall–Kier alpha value is -2.21. The van der Waals surface area contributed by atoms with Crippen LogP contribution in [0.4, 0.5) is 4.39 Å². The summed E-state index contributed by atoms with van der Waals surface area (Å²) in [5.41, 5.74) is 3.30. The summed E-state index contributed by atoms with van der Waals surface area (Å²) in [6, 6.07) is 8.66. The molecule has 6 heteroatoms. The van der Waals surface area contributed by atoms with Gasteiger partial charge in [0.15, 0.2) is 0 Å². The summed E-state index contributed by atoms with van der Waals surface area (Å²) in [7, 11) is 0. The zero-order valence-electron chi connectivity index (χ0n) is 10.8. The molecular formula is C15H9BrFN3O. The molecular weight excluding hydrogens is 337 g/mol. The molecule has 0 saturated carbocycles. The summed E-state index contributed by atoms with van der Waals surface area (Å²) < 4.78 is 21.4. The van der Waals surface area contributed by atoms with Crippen LogP contribution in [0.5, 0.6) is 5.88 Å². The minimum Gasteiger partial charge on any atom is -0.472 e. The molecule has 1 aromatic carbocycles. The summed E-state index contributed by atoms with van der Waals surface area (Å²) in [5.74, 6) is 0.261. The summed E-state index contributed by atoms with van der Waals surface area (Å²) in [4.78, 5) is 4.19. The maximum atomic E-state index is 13.7. The molecule has 0 fully saturated rings. The van der Waals surface area contributed by atoms with E-state index < -0.39 is 0 Å². The number of rotatable bonds is 1. The average molecular weight is 346 g/mol. The second kappa shape index (κ2) is 4.66. The van der Waals surface area contributed by atoms with Crippen molar-refractivity contribution in [3.8, 4) is 22.8 Å². The second-order valence-corrected chi connectivity index (χ2v) is 5.55. The standard InChI is InChI=1S/C15H9BrFN3O/c16-12-4-3-10(6-13(12)17)20-7-9-8-21-15-11(14(9)19-20)2-1-5-18-15/h1-7H,8H2. The van der Waals surface area contributed by atoms with E-state index >= 15 is 0 Å². The van der Waals surface area contributed by atoms with E-state index in [-0.39, 0.29) is 5.82 Å². The van der Waals surface area contributed by atoms with Crippen molar-refractivity contribution < 1.29 is 9.13 Å². The number of fused-ring (bicyclic) bond motifs is 3. The molecule has 0 spiro atoms. The highest BCUT2D eigenvalue weighted by Gasteiger charge is 2.22. The van der Waals surface area contributed by atoms with E-state index in [0.29, 0.717) is 22.6 Å². The first-order chi connectivity index (χ1) is 10.2. The van der Waals surface area contributed by atoms with E-state index in [1.165, 1.54) is 6.07 Å². The highest BCUT2D eigenvalue weighted by molar-refractivity contribution is 9.10. The Morgan fingerprint density at radius 3 is 3.05 bits per heavy atom. The predicted molar refractivity (Wildman–Crippen MR) is 78.8 cm³/mol. The molecule has 1 aliphatic rings. The summed E-state index contributed by atoms with van der Waals surface area (Å²) in [6.07, 6.45) is 3.54. The smallest absolute Gasteiger partial charge is 0.223 e. The van der Waals surface area contributed by atoms with Crippen molar-refractivity contribution in [2.75, 3.05) is 0 Å². The first-order valence-corrected chi connectivity index (χ1v) is 7.14. The van der Waals surface area contributed by atoms with Crippen molar-refractivity contribution >= 4 is 15.9 Å². The Kier molecular flexibility index (Phi) is 2.78. The zero-order chi connectivity index (χ0) is 14.4. The van der Waals surface area contributed by atoms with Crippen LogP contribution < -0.4 is 4.74 Å². The summed E-state index contributed by atoms with van der Waals surface area (Å²) in [5, 5.41) is 4.55. The van der Waals surface area contributed by atoms with Crippen LogP contribution in [0, 0.1) is 5.82 Å². The lowest BCUT2D eigenvalue weighted by Crippen LogP contribution is -2.05. The van der Waals surface area contributed by atoms with Crippen LogP contribution in [0.2, 0.25) is 0 Å². The third kappa shape index (κ3) is 2.03. The fourth-order valence-corrected chi connectivity index (χ4v) is 2.58. The van der Waals surface area contributed by atoms with Gasteiger partial charge in [-0.15, -0.1) is 0 Å². The van der Waals surface area contributed by atoms with Crippen LogP contribution in [0.15, 0.2) is 47.2 Å². The normalized spacial score (nSPS) is 12.5. The predicted octanol–water partition coefficient (Wildman–Crippen LogP) is 3.73. The van der Waals surface area contributed by atoms with Crippen LogP contribution >= 0.6 is 15.9 Å². The van der Waals surface area contributed by atoms with Gasteiger partial charge in [-0.2, -0.15) is 5.10 Å². The van der Waals surface area contributed by atoms with Gasteiger partial charge in [-0.05, 0) is 40.2 Å². The molecule has 0 amide bonds. The fourth-order valence-electron chi connectivity index (χ4n) is 2.33. The van der Waals surface area contributed by atoms with Gasteiger partial charge in [-0.25, -0.2) is 14.1 Å². The monoisotopic (exact) mass is 345 g/mol. The number of nitrogens with zero attached hydrogens (tertiary/aromatic N) is 3.